The van der Waals surface area contributed by atoms with Crippen LogP contribution in [-0.4, -0.2) is 43.2 Å². The fourth-order valence-corrected chi connectivity index (χ4v) is 3.88. The summed E-state index contributed by atoms with van der Waals surface area (Å²) >= 11 is 0. The van der Waals surface area contributed by atoms with Crippen molar-refractivity contribution in [1.29, 1.82) is 0 Å². The minimum Gasteiger partial charge on any atom is -0.387 e. The van der Waals surface area contributed by atoms with Gasteiger partial charge in [-0.25, -0.2) is 8.78 Å². The molecule has 1 aromatic carbocycles. The van der Waals surface area contributed by atoms with Gasteiger partial charge in [-0.2, -0.15) is 0 Å². The van der Waals surface area contributed by atoms with Crippen LogP contribution >= 0.6 is 9.24 Å². The average Bonchev–Trinajstić information content (AvgIpc) is 3.25. The number of ether oxygens (including phenoxy) is 1. The van der Waals surface area contributed by atoms with Crippen LogP contribution in [0.2, 0.25) is 0 Å². The van der Waals surface area contributed by atoms with E-state index in [2.05, 4.69) is 14.2 Å². The van der Waals surface area contributed by atoms with Gasteiger partial charge in [-0.15, -0.1) is 9.24 Å². The number of hydrogen-bond donors (Lipinski definition) is 3. The Morgan fingerprint density at radius 1 is 1.21 bits per heavy atom. The van der Waals surface area contributed by atoms with Crippen LogP contribution in [0.15, 0.2) is 42.7 Å². The first-order valence-electron chi connectivity index (χ1n) is 8.67. The van der Waals surface area contributed by atoms with Gasteiger partial charge in [0.2, 0.25) is 0 Å². The second-order valence-corrected chi connectivity index (χ2v) is 7.37. The molecule has 3 N–H and O–H groups in total. The second kappa shape index (κ2) is 7.46. The number of nitrogens with zero attached hydrogens (tertiary/aromatic N) is 2. The molecule has 3 heterocycles. The zero-order valence-electron chi connectivity index (χ0n) is 14.6. The molecule has 1 aliphatic rings. The summed E-state index contributed by atoms with van der Waals surface area (Å²) in [5.74, 6) is -0.442. The monoisotopic (exact) mass is 408 g/mol. The van der Waals surface area contributed by atoms with Crippen molar-refractivity contribution in [2.75, 3.05) is 0 Å². The molecule has 148 valence electrons. The third-order valence-electron chi connectivity index (χ3n) is 5.08. The van der Waals surface area contributed by atoms with Crippen LogP contribution < -0.4 is 5.30 Å². The van der Waals surface area contributed by atoms with Crippen LogP contribution in [0.25, 0.3) is 10.9 Å². The molecular formula is C19H19F2N2O4P. The second-order valence-electron chi connectivity index (χ2n) is 6.75. The Kier molecular flexibility index (Phi) is 5.16. The van der Waals surface area contributed by atoms with E-state index in [-0.39, 0.29) is 11.0 Å². The number of aliphatic hydroxyl groups is 3. The van der Waals surface area contributed by atoms with E-state index in [1.807, 2.05) is 0 Å². The summed E-state index contributed by atoms with van der Waals surface area (Å²) in [6, 6.07) is 7.35. The van der Waals surface area contributed by atoms with Gasteiger partial charge in [-0.05, 0) is 29.8 Å². The minimum absolute atomic E-state index is 0.264. The third kappa shape index (κ3) is 3.11. The molecule has 0 aliphatic carbocycles. The summed E-state index contributed by atoms with van der Waals surface area (Å²) in [6.45, 7) is -0.735. The highest BCUT2D eigenvalue weighted by atomic mass is 31.0. The molecule has 0 spiro atoms. The Morgan fingerprint density at radius 2 is 2.00 bits per heavy atom. The molecule has 6 atom stereocenters. The van der Waals surface area contributed by atoms with Crippen molar-refractivity contribution in [3.05, 3.63) is 59.8 Å². The van der Waals surface area contributed by atoms with Gasteiger partial charge in [-0.1, -0.05) is 6.07 Å². The molecule has 1 saturated heterocycles. The van der Waals surface area contributed by atoms with Crippen molar-refractivity contribution in [1.82, 2.24) is 9.55 Å². The first-order valence-corrected chi connectivity index (χ1v) is 9.25. The molecule has 4 rings (SSSR count). The highest BCUT2D eigenvalue weighted by Gasteiger charge is 2.47. The Morgan fingerprint density at radius 3 is 2.71 bits per heavy atom. The zero-order chi connectivity index (χ0) is 20.0. The number of hydrogen-bond acceptors (Lipinski definition) is 5. The maximum atomic E-state index is 13.5. The quantitative estimate of drug-likeness (QED) is 0.570. The van der Waals surface area contributed by atoms with Gasteiger partial charge >= 0.3 is 0 Å². The lowest BCUT2D eigenvalue weighted by atomic mass is 9.99. The number of pyridine rings is 1. The van der Waals surface area contributed by atoms with E-state index >= 15 is 0 Å². The fourth-order valence-electron chi connectivity index (χ4n) is 3.59. The van der Waals surface area contributed by atoms with E-state index in [1.54, 1.807) is 22.9 Å². The van der Waals surface area contributed by atoms with Gasteiger partial charge in [0, 0.05) is 23.1 Å². The van der Waals surface area contributed by atoms with E-state index < -0.39 is 43.1 Å². The van der Waals surface area contributed by atoms with Crippen molar-refractivity contribution in [2.45, 2.75) is 37.3 Å². The first-order chi connectivity index (χ1) is 13.4. The van der Waals surface area contributed by atoms with Crippen LogP contribution in [0, 0.1) is 5.82 Å². The number of fused-ring (bicyclic) bond motifs is 1. The lowest BCUT2D eigenvalue weighted by Crippen LogP contribution is -2.35. The maximum absolute atomic E-state index is 13.5. The number of aliphatic hydroxyl groups excluding tert-OH is 3. The van der Waals surface area contributed by atoms with Gasteiger partial charge in [0.05, 0.1) is 11.2 Å². The molecular weight excluding hydrogens is 389 g/mol. The normalized spacial score (nSPS) is 26.1. The molecule has 6 nitrogen and oxygen atoms in total. The number of halogens is 2. The number of rotatable bonds is 4. The molecule has 9 heteroatoms. The highest BCUT2D eigenvalue weighted by Crippen LogP contribution is 2.38. The molecule has 1 fully saturated rings. The molecule has 3 aromatic rings. The fraction of sp³-hybridized carbons (Fsp3) is 0.316. The molecule has 1 aliphatic heterocycles. The Balaban J connectivity index is 1.65. The summed E-state index contributed by atoms with van der Waals surface area (Å²) < 4.78 is 34.0. The van der Waals surface area contributed by atoms with Crippen LogP contribution in [0.4, 0.5) is 8.78 Å². The summed E-state index contributed by atoms with van der Waals surface area (Å²) in [4.78, 5) is 3.98. The molecule has 6 unspecified atom stereocenters. The summed E-state index contributed by atoms with van der Waals surface area (Å²) in [7, 11) is 2.23. The standard InChI is InChI=1S/C19H19F2N2O4P/c20-8-12-10-4-6-23(13(10)3-5-22-12)19-17(26)16(25)18(27-19)15(24)9-1-2-11(21)14(28)7-9/h1-7,15-19,24-26H,8,28H2. The third-order valence-corrected chi connectivity index (χ3v) is 5.52. The van der Waals surface area contributed by atoms with Gasteiger partial charge in [-0.3, -0.25) is 4.98 Å². The Hall–Kier alpha value is -1.96. The SMILES string of the molecule is OC(c1ccc(F)c(P)c1)C1OC(n2ccc3c(CF)nccc32)C(O)C1O. The molecule has 0 saturated carbocycles. The number of benzene rings is 1. The van der Waals surface area contributed by atoms with E-state index in [4.69, 9.17) is 4.74 Å². The predicted octanol–water partition coefficient (Wildman–Crippen LogP) is 1.50. The summed E-state index contributed by atoms with van der Waals surface area (Å²) in [5, 5.41) is 32.5. The van der Waals surface area contributed by atoms with Crippen molar-refractivity contribution < 1.29 is 28.8 Å². The highest BCUT2D eigenvalue weighted by molar-refractivity contribution is 7.27. The van der Waals surface area contributed by atoms with Crippen LogP contribution in [0.5, 0.6) is 0 Å². The molecule has 2 aromatic heterocycles. The van der Waals surface area contributed by atoms with Gasteiger partial charge < -0.3 is 24.6 Å². The Bertz CT molecular complexity index is 1010. The van der Waals surface area contributed by atoms with Gasteiger partial charge in [0.25, 0.3) is 0 Å². The van der Waals surface area contributed by atoms with E-state index in [0.717, 1.165) is 0 Å². The van der Waals surface area contributed by atoms with Crippen LogP contribution in [0.3, 0.4) is 0 Å². The largest absolute Gasteiger partial charge is 0.387 e. The lowest BCUT2D eigenvalue weighted by molar-refractivity contribution is -0.0846. The van der Waals surface area contributed by atoms with E-state index in [0.29, 0.717) is 16.5 Å². The molecule has 0 radical (unpaired) electrons. The van der Waals surface area contributed by atoms with Gasteiger partial charge in [0.15, 0.2) is 6.23 Å². The predicted molar refractivity (Wildman–Crippen MR) is 101 cm³/mol. The Labute approximate surface area is 161 Å². The summed E-state index contributed by atoms with van der Waals surface area (Å²) in [6.07, 6.45) is -3.03. The van der Waals surface area contributed by atoms with Crippen molar-refractivity contribution in [3.8, 4) is 0 Å². The molecule has 28 heavy (non-hydrogen) atoms. The van der Waals surface area contributed by atoms with Crippen LogP contribution in [-0.2, 0) is 11.4 Å². The smallest absolute Gasteiger partial charge is 0.163 e. The summed E-state index contributed by atoms with van der Waals surface area (Å²) in [5.41, 5.74) is 1.20. The topological polar surface area (TPSA) is 87.7 Å². The van der Waals surface area contributed by atoms with Crippen molar-refractivity contribution >= 4 is 25.4 Å². The van der Waals surface area contributed by atoms with E-state index in [9.17, 15) is 24.1 Å². The lowest BCUT2D eigenvalue weighted by Gasteiger charge is -2.22. The van der Waals surface area contributed by atoms with Crippen molar-refractivity contribution in [2.24, 2.45) is 0 Å². The van der Waals surface area contributed by atoms with E-state index in [1.165, 1.54) is 24.4 Å². The maximum Gasteiger partial charge on any atom is 0.163 e. The number of alkyl halides is 1. The van der Waals surface area contributed by atoms with Crippen molar-refractivity contribution in [3.63, 3.8) is 0 Å². The minimum atomic E-state index is -1.38. The van der Waals surface area contributed by atoms with Crippen LogP contribution in [0.1, 0.15) is 23.6 Å². The average molecular weight is 408 g/mol. The number of aromatic nitrogens is 2. The molecule has 0 bridgehead atoms. The van der Waals surface area contributed by atoms with Gasteiger partial charge in [0.1, 0.15) is 36.9 Å². The zero-order valence-corrected chi connectivity index (χ0v) is 15.8. The first kappa shape index (κ1) is 19.4. The molecule has 0 amide bonds.